The van der Waals surface area contributed by atoms with Crippen LogP contribution in [0.2, 0.25) is 0 Å². The summed E-state index contributed by atoms with van der Waals surface area (Å²) >= 11 is 1.48. The van der Waals surface area contributed by atoms with Crippen LogP contribution in [0, 0.1) is 12.7 Å². The number of benzene rings is 2. The van der Waals surface area contributed by atoms with Crippen molar-refractivity contribution in [2.75, 3.05) is 11.1 Å². The van der Waals surface area contributed by atoms with Crippen LogP contribution in [0.3, 0.4) is 0 Å². The predicted octanol–water partition coefficient (Wildman–Crippen LogP) is 3.84. The lowest BCUT2D eigenvalue weighted by Crippen LogP contribution is -2.23. The van der Waals surface area contributed by atoms with Gasteiger partial charge in [0, 0.05) is 4.90 Å². The lowest BCUT2D eigenvalue weighted by atomic mass is 10.2. The molecule has 0 aliphatic rings. The molecule has 3 nitrogen and oxygen atoms in total. The fraction of sp³-hybridized carbons (Fsp3) is 0.188. The van der Waals surface area contributed by atoms with E-state index in [4.69, 9.17) is 5.73 Å². The highest BCUT2D eigenvalue weighted by Crippen LogP contribution is 2.27. The Morgan fingerprint density at radius 3 is 2.67 bits per heavy atom. The molecule has 1 unspecified atom stereocenters. The van der Waals surface area contributed by atoms with Crippen LogP contribution in [-0.2, 0) is 4.79 Å². The molecule has 2 aromatic carbocycles. The van der Waals surface area contributed by atoms with Gasteiger partial charge in [0.05, 0.1) is 16.6 Å². The molecule has 21 heavy (non-hydrogen) atoms. The van der Waals surface area contributed by atoms with Gasteiger partial charge < -0.3 is 11.1 Å². The summed E-state index contributed by atoms with van der Waals surface area (Å²) in [5.74, 6) is -0.589. The smallest absolute Gasteiger partial charge is 0.237 e. The highest BCUT2D eigenvalue weighted by molar-refractivity contribution is 8.00. The van der Waals surface area contributed by atoms with Gasteiger partial charge in [-0.15, -0.1) is 11.8 Å². The van der Waals surface area contributed by atoms with E-state index in [1.165, 1.54) is 30.0 Å². The molecule has 0 aliphatic heterocycles. The van der Waals surface area contributed by atoms with E-state index in [0.29, 0.717) is 5.69 Å². The summed E-state index contributed by atoms with van der Waals surface area (Å²) in [6.45, 7) is 3.83. The van der Waals surface area contributed by atoms with Gasteiger partial charge in [0.2, 0.25) is 5.91 Å². The highest BCUT2D eigenvalue weighted by atomic mass is 32.2. The van der Waals surface area contributed by atoms with Gasteiger partial charge in [-0.2, -0.15) is 0 Å². The van der Waals surface area contributed by atoms with Crippen LogP contribution in [0.1, 0.15) is 12.5 Å². The number of carbonyl (C=O) groups is 1. The monoisotopic (exact) mass is 304 g/mol. The van der Waals surface area contributed by atoms with Gasteiger partial charge in [-0.1, -0.05) is 18.2 Å². The maximum Gasteiger partial charge on any atom is 0.237 e. The molecular formula is C16H17FN2OS. The summed E-state index contributed by atoms with van der Waals surface area (Å²) in [4.78, 5) is 13.2. The van der Waals surface area contributed by atoms with Crippen LogP contribution in [0.4, 0.5) is 15.8 Å². The van der Waals surface area contributed by atoms with E-state index >= 15 is 0 Å². The lowest BCUT2D eigenvalue weighted by Gasteiger charge is -2.14. The van der Waals surface area contributed by atoms with Crippen LogP contribution >= 0.6 is 11.8 Å². The number of amides is 1. The molecule has 0 saturated heterocycles. The SMILES string of the molecule is Cc1ccccc1SC(C)C(=O)Nc1ccc(F)cc1N. The Balaban J connectivity index is 2.04. The van der Waals surface area contributed by atoms with Gasteiger partial charge in [0.25, 0.3) is 0 Å². The summed E-state index contributed by atoms with van der Waals surface area (Å²) in [7, 11) is 0. The minimum atomic E-state index is -0.423. The van der Waals surface area contributed by atoms with E-state index in [0.717, 1.165) is 10.5 Å². The molecule has 0 radical (unpaired) electrons. The van der Waals surface area contributed by atoms with E-state index in [9.17, 15) is 9.18 Å². The average Bonchev–Trinajstić information content (AvgIpc) is 2.44. The number of hydrogen-bond donors (Lipinski definition) is 2. The molecule has 110 valence electrons. The molecular weight excluding hydrogens is 287 g/mol. The zero-order valence-corrected chi connectivity index (χ0v) is 12.7. The molecule has 0 heterocycles. The third kappa shape index (κ3) is 3.98. The van der Waals surface area contributed by atoms with Gasteiger partial charge in [-0.25, -0.2) is 4.39 Å². The molecule has 1 amide bonds. The maximum atomic E-state index is 13.0. The van der Waals surface area contributed by atoms with E-state index in [1.54, 1.807) is 0 Å². The van der Waals surface area contributed by atoms with Crippen molar-refractivity contribution < 1.29 is 9.18 Å². The van der Waals surface area contributed by atoms with E-state index in [-0.39, 0.29) is 16.8 Å². The molecule has 0 spiro atoms. The molecule has 0 aliphatic carbocycles. The van der Waals surface area contributed by atoms with Crippen molar-refractivity contribution in [3.05, 3.63) is 53.8 Å². The quantitative estimate of drug-likeness (QED) is 0.666. The van der Waals surface area contributed by atoms with Crippen molar-refractivity contribution in [3.63, 3.8) is 0 Å². The fourth-order valence-corrected chi connectivity index (χ4v) is 2.77. The van der Waals surface area contributed by atoms with Gasteiger partial charge in [0.15, 0.2) is 0 Å². The summed E-state index contributed by atoms with van der Waals surface area (Å²) in [5, 5.41) is 2.44. The van der Waals surface area contributed by atoms with E-state index in [1.807, 2.05) is 38.1 Å². The third-order valence-corrected chi connectivity index (χ3v) is 4.32. The number of anilines is 2. The van der Waals surface area contributed by atoms with Crippen molar-refractivity contribution in [3.8, 4) is 0 Å². The number of rotatable bonds is 4. The molecule has 1 atom stereocenters. The number of nitrogens with two attached hydrogens (primary N) is 1. The minimum Gasteiger partial charge on any atom is -0.397 e. The van der Waals surface area contributed by atoms with Gasteiger partial charge in [0.1, 0.15) is 5.82 Å². The zero-order valence-electron chi connectivity index (χ0n) is 11.9. The van der Waals surface area contributed by atoms with Crippen molar-refractivity contribution in [1.82, 2.24) is 0 Å². The first kappa shape index (κ1) is 15.4. The van der Waals surface area contributed by atoms with Gasteiger partial charge >= 0.3 is 0 Å². The van der Waals surface area contributed by atoms with Crippen molar-refractivity contribution in [2.45, 2.75) is 24.0 Å². The molecule has 2 rings (SSSR count). The first-order valence-electron chi connectivity index (χ1n) is 6.55. The van der Waals surface area contributed by atoms with E-state index < -0.39 is 5.82 Å². The maximum absolute atomic E-state index is 13.0. The number of nitrogen functional groups attached to an aromatic ring is 1. The number of carbonyl (C=O) groups excluding carboxylic acids is 1. The third-order valence-electron chi connectivity index (χ3n) is 3.04. The Hall–Kier alpha value is -2.01. The van der Waals surface area contributed by atoms with Crippen molar-refractivity contribution in [1.29, 1.82) is 0 Å². The Bertz CT molecular complexity index is 660. The largest absolute Gasteiger partial charge is 0.397 e. The van der Waals surface area contributed by atoms with Crippen LogP contribution in [-0.4, -0.2) is 11.2 Å². The van der Waals surface area contributed by atoms with Crippen LogP contribution in [0.5, 0.6) is 0 Å². The topological polar surface area (TPSA) is 55.1 Å². The fourth-order valence-electron chi connectivity index (χ4n) is 1.81. The Kier molecular flexibility index (Phi) is 4.85. The molecule has 0 saturated carbocycles. The molecule has 0 bridgehead atoms. The van der Waals surface area contributed by atoms with Gasteiger partial charge in [-0.05, 0) is 43.7 Å². The number of hydrogen-bond acceptors (Lipinski definition) is 3. The summed E-state index contributed by atoms with van der Waals surface area (Å²) in [6.07, 6.45) is 0. The molecule has 0 fully saturated rings. The van der Waals surface area contributed by atoms with Crippen LogP contribution in [0.15, 0.2) is 47.4 Å². The predicted molar refractivity (Wildman–Crippen MR) is 85.9 cm³/mol. The second kappa shape index (κ2) is 6.63. The van der Waals surface area contributed by atoms with Crippen LogP contribution < -0.4 is 11.1 Å². The lowest BCUT2D eigenvalue weighted by molar-refractivity contribution is -0.115. The van der Waals surface area contributed by atoms with Crippen LogP contribution in [0.25, 0.3) is 0 Å². The molecule has 5 heteroatoms. The number of thioether (sulfide) groups is 1. The molecule has 3 N–H and O–H groups in total. The Labute approximate surface area is 127 Å². The van der Waals surface area contributed by atoms with Crippen molar-refractivity contribution in [2.24, 2.45) is 0 Å². The van der Waals surface area contributed by atoms with Crippen molar-refractivity contribution >= 4 is 29.0 Å². The molecule has 2 aromatic rings. The first-order chi connectivity index (χ1) is 9.97. The average molecular weight is 304 g/mol. The summed E-state index contributed by atoms with van der Waals surface area (Å²) in [6, 6.07) is 11.8. The number of halogens is 1. The Morgan fingerprint density at radius 1 is 1.29 bits per heavy atom. The summed E-state index contributed by atoms with van der Waals surface area (Å²) in [5.41, 5.74) is 7.46. The second-order valence-electron chi connectivity index (χ2n) is 4.75. The normalized spacial score (nSPS) is 12.0. The number of aryl methyl sites for hydroxylation is 1. The summed E-state index contributed by atoms with van der Waals surface area (Å²) < 4.78 is 13.0. The van der Waals surface area contributed by atoms with Gasteiger partial charge in [-0.3, -0.25) is 4.79 Å². The second-order valence-corrected chi connectivity index (χ2v) is 6.13. The number of nitrogens with one attached hydrogen (secondary N) is 1. The first-order valence-corrected chi connectivity index (χ1v) is 7.43. The van der Waals surface area contributed by atoms with E-state index in [2.05, 4.69) is 5.32 Å². The minimum absolute atomic E-state index is 0.165. The zero-order chi connectivity index (χ0) is 15.4. The Morgan fingerprint density at radius 2 is 2.00 bits per heavy atom. The standard InChI is InChI=1S/C16H17FN2OS/c1-10-5-3-4-6-15(10)21-11(2)16(20)19-14-8-7-12(17)9-13(14)18/h3-9,11H,18H2,1-2H3,(H,19,20). The molecule has 0 aromatic heterocycles. The highest BCUT2D eigenvalue weighted by Gasteiger charge is 2.16.